The predicted molar refractivity (Wildman–Crippen MR) is 134 cm³/mol. The lowest BCUT2D eigenvalue weighted by Gasteiger charge is -2.29. The first-order chi connectivity index (χ1) is 16.7. The maximum absolute atomic E-state index is 13.2. The molecule has 2 rings (SSSR count). The molecule has 0 saturated carbocycles. The van der Waals surface area contributed by atoms with E-state index in [0.717, 1.165) is 24.8 Å². The van der Waals surface area contributed by atoms with Crippen LogP contribution in [0.25, 0.3) is 0 Å². The number of amides is 3. The Kier molecular flexibility index (Phi) is 11.2. The second-order valence-corrected chi connectivity index (χ2v) is 9.71. The third kappa shape index (κ3) is 8.67. The predicted octanol–water partition coefficient (Wildman–Crippen LogP) is 2.89. The largest absolute Gasteiger partial charge is 0.460 e. The zero-order valence-corrected chi connectivity index (χ0v) is 21.6. The fraction of sp³-hybridized carbons (Fsp3) is 0.630. The van der Waals surface area contributed by atoms with Crippen LogP contribution in [0.4, 0.5) is 0 Å². The van der Waals surface area contributed by atoms with Crippen LogP contribution in [0.1, 0.15) is 72.3 Å². The number of benzene rings is 1. The second-order valence-electron chi connectivity index (χ2n) is 9.71. The minimum absolute atomic E-state index is 0.0497. The van der Waals surface area contributed by atoms with E-state index < -0.39 is 42.0 Å². The molecule has 3 amide bonds. The monoisotopic (exact) mass is 487 g/mol. The smallest absolute Gasteiger partial charge is 0.329 e. The van der Waals surface area contributed by atoms with Gasteiger partial charge in [-0.25, -0.2) is 4.79 Å². The molecule has 0 bridgehead atoms. The molecule has 8 heteroatoms. The zero-order chi connectivity index (χ0) is 26.0. The van der Waals surface area contributed by atoms with Crippen molar-refractivity contribution >= 4 is 23.7 Å². The van der Waals surface area contributed by atoms with Crippen LogP contribution in [-0.2, 0) is 30.3 Å². The lowest BCUT2D eigenvalue weighted by Crippen LogP contribution is -2.55. The van der Waals surface area contributed by atoms with Gasteiger partial charge in [0.15, 0.2) is 0 Å². The number of ether oxygens (including phenoxy) is 1. The highest BCUT2D eigenvalue weighted by Crippen LogP contribution is 2.21. The maximum atomic E-state index is 13.2. The maximum Gasteiger partial charge on any atom is 0.329 e. The average Bonchev–Trinajstić information content (AvgIpc) is 2.84. The number of carbonyl (C=O) groups excluding carboxylic acids is 4. The van der Waals surface area contributed by atoms with Crippen LogP contribution in [0, 0.1) is 11.8 Å². The lowest BCUT2D eigenvalue weighted by atomic mass is 9.94. The Bertz CT molecular complexity index is 860. The molecule has 0 radical (unpaired) electrons. The quantitative estimate of drug-likeness (QED) is 0.488. The van der Waals surface area contributed by atoms with Crippen molar-refractivity contribution in [3.8, 4) is 0 Å². The van der Waals surface area contributed by atoms with Gasteiger partial charge >= 0.3 is 5.97 Å². The molecule has 0 aliphatic carbocycles. The van der Waals surface area contributed by atoms with Crippen molar-refractivity contribution in [2.24, 2.45) is 11.8 Å². The van der Waals surface area contributed by atoms with Gasteiger partial charge in [-0.3, -0.25) is 14.4 Å². The SMILES string of the molecule is CCCC[C@H](C)[C@@H]1CC(=O)N[C@H](Cc2ccccc2)C(=O)N[C@H](C)C(=O)N[C@H]([C@@H](C)CC)C(=O)O1. The summed E-state index contributed by atoms with van der Waals surface area (Å²) in [6.07, 6.45) is 2.95. The molecular formula is C27H41N3O5. The molecule has 194 valence electrons. The standard InChI is InChI=1S/C27H41N3O5/c1-6-8-12-18(4)22-16-23(31)29-21(15-20-13-10-9-11-14-20)26(33)28-19(5)25(32)30-24(17(3)7-2)27(34)35-22/h9-11,13-14,17-19,21-22,24H,6-8,12,15-16H2,1-5H3,(H,28,33)(H,29,31)(H,30,32)/t17-,18-,19+,21+,22-,24+/m0/s1. The highest BCUT2D eigenvalue weighted by Gasteiger charge is 2.35. The molecule has 1 aromatic carbocycles. The Balaban J connectivity index is 2.37. The number of esters is 1. The van der Waals surface area contributed by atoms with Crippen LogP contribution in [0.15, 0.2) is 30.3 Å². The number of unbranched alkanes of at least 4 members (excludes halogenated alkanes) is 1. The summed E-state index contributed by atoms with van der Waals surface area (Å²) in [6, 6.07) is 6.75. The summed E-state index contributed by atoms with van der Waals surface area (Å²) in [5.41, 5.74) is 0.880. The fourth-order valence-corrected chi connectivity index (χ4v) is 4.12. The summed E-state index contributed by atoms with van der Waals surface area (Å²) in [4.78, 5) is 52.3. The van der Waals surface area contributed by atoms with Gasteiger partial charge in [0, 0.05) is 6.42 Å². The van der Waals surface area contributed by atoms with E-state index in [1.54, 1.807) is 6.92 Å². The van der Waals surface area contributed by atoms with E-state index in [-0.39, 0.29) is 30.6 Å². The Morgan fingerprint density at radius 3 is 2.26 bits per heavy atom. The van der Waals surface area contributed by atoms with Crippen LogP contribution in [0.5, 0.6) is 0 Å². The number of nitrogens with one attached hydrogen (secondary N) is 3. The third-order valence-corrected chi connectivity index (χ3v) is 6.75. The molecule has 1 heterocycles. The molecule has 1 aliphatic rings. The molecule has 0 spiro atoms. The summed E-state index contributed by atoms with van der Waals surface area (Å²) in [6.45, 7) is 9.40. The van der Waals surface area contributed by atoms with Crippen LogP contribution < -0.4 is 16.0 Å². The Morgan fingerprint density at radius 1 is 0.943 bits per heavy atom. The van der Waals surface area contributed by atoms with Crippen molar-refractivity contribution in [3.05, 3.63) is 35.9 Å². The van der Waals surface area contributed by atoms with Crippen LogP contribution >= 0.6 is 0 Å². The molecule has 1 saturated heterocycles. The van der Waals surface area contributed by atoms with Crippen molar-refractivity contribution < 1.29 is 23.9 Å². The van der Waals surface area contributed by atoms with Crippen LogP contribution in [-0.4, -0.2) is 47.9 Å². The first-order valence-electron chi connectivity index (χ1n) is 12.8. The Labute approximate surface area is 208 Å². The topological polar surface area (TPSA) is 114 Å². The van der Waals surface area contributed by atoms with E-state index in [1.807, 2.05) is 51.1 Å². The molecule has 0 aromatic heterocycles. The molecule has 1 aliphatic heterocycles. The van der Waals surface area contributed by atoms with Crippen molar-refractivity contribution in [1.82, 2.24) is 16.0 Å². The highest BCUT2D eigenvalue weighted by molar-refractivity contribution is 5.94. The van der Waals surface area contributed by atoms with Gasteiger partial charge in [0.1, 0.15) is 24.2 Å². The first-order valence-corrected chi connectivity index (χ1v) is 12.8. The second kappa shape index (κ2) is 13.9. The van der Waals surface area contributed by atoms with Crippen molar-refractivity contribution in [1.29, 1.82) is 0 Å². The van der Waals surface area contributed by atoms with Crippen molar-refractivity contribution in [2.75, 3.05) is 0 Å². The van der Waals surface area contributed by atoms with Gasteiger partial charge in [-0.2, -0.15) is 0 Å². The van der Waals surface area contributed by atoms with E-state index in [2.05, 4.69) is 22.9 Å². The molecular weight excluding hydrogens is 446 g/mol. The van der Waals surface area contributed by atoms with Gasteiger partial charge in [-0.15, -0.1) is 0 Å². The molecule has 8 nitrogen and oxygen atoms in total. The van der Waals surface area contributed by atoms with Gasteiger partial charge in [0.25, 0.3) is 0 Å². The summed E-state index contributed by atoms with van der Waals surface area (Å²) in [5.74, 6) is -2.07. The molecule has 35 heavy (non-hydrogen) atoms. The van der Waals surface area contributed by atoms with Crippen LogP contribution in [0.2, 0.25) is 0 Å². The number of hydrogen-bond donors (Lipinski definition) is 3. The number of cyclic esters (lactones) is 1. The molecule has 0 unspecified atom stereocenters. The van der Waals surface area contributed by atoms with Crippen molar-refractivity contribution in [3.63, 3.8) is 0 Å². The normalized spacial score (nSPS) is 26.1. The van der Waals surface area contributed by atoms with Gasteiger partial charge in [-0.05, 0) is 30.7 Å². The van der Waals surface area contributed by atoms with Gasteiger partial charge < -0.3 is 20.7 Å². The van der Waals surface area contributed by atoms with E-state index >= 15 is 0 Å². The summed E-state index contributed by atoms with van der Waals surface area (Å²) in [5, 5.41) is 8.28. The van der Waals surface area contributed by atoms with E-state index in [9.17, 15) is 19.2 Å². The van der Waals surface area contributed by atoms with E-state index in [0.29, 0.717) is 6.42 Å². The van der Waals surface area contributed by atoms with Crippen molar-refractivity contribution in [2.45, 2.75) is 97.4 Å². The molecule has 3 N–H and O–H groups in total. The summed E-state index contributed by atoms with van der Waals surface area (Å²) in [7, 11) is 0. The van der Waals surface area contributed by atoms with Gasteiger partial charge in [0.2, 0.25) is 17.7 Å². The molecule has 6 atom stereocenters. The molecule has 1 aromatic rings. The summed E-state index contributed by atoms with van der Waals surface area (Å²) < 4.78 is 5.87. The third-order valence-electron chi connectivity index (χ3n) is 6.75. The van der Waals surface area contributed by atoms with E-state index in [1.165, 1.54) is 0 Å². The minimum Gasteiger partial charge on any atom is -0.460 e. The average molecular weight is 488 g/mol. The molecule has 1 fully saturated rings. The van der Waals surface area contributed by atoms with E-state index in [4.69, 9.17) is 4.74 Å². The first kappa shape index (κ1) is 28.3. The number of hydrogen-bond acceptors (Lipinski definition) is 5. The number of rotatable bonds is 8. The Hall–Kier alpha value is -2.90. The number of carbonyl (C=O) groups is 4. The van der Waals surface area contributed by atoms with Gasteiger partial charge in [0.05, 0.1) is 6.42 Å². The highest BCUT2D eigenvalue weighted by atomic mass is 16.5. The van der Waals surface area contributed by atoms with Crippen LogP contribution in [0.3, 0.4) is 0 Å². The zero-order valence-electron chi connectivity index (χ0n) is 21.6. The van der Waals surface area contributed by atoms with Gasteiger partial charge in [-0.1, -0.05) is 77.3 Å². The lowest BCUT2D eigenvalue weighted by molar-refractivity contribution is -0.158. The fourth-order valence-electron chi connectivity index (χ4n) is 4.12. The summed E-state index contributed by atoms with van der Waals surface area (Å²) >= 11 is 0. The minimum atomic E-state index is -0.892. The Morgan fingerprint density at radius 2 is 1.63 bits per heavy atom.